The zero-order valence-electron chi connectivity index (χ0n) is 15.6. The minimum absolute atomic E-state index is 0.0774. The van der Waals surface area contributed by atoms with Crippen LogP contribution in [0.4, 0.5) is 11.4 Å². The number of esters is 1. The topological polar surface area (TPSA) is 116 Å². The van der Waals surface area contributed by atoms with Gasteiger partial charge in [0.15, 0.2) is 12.4 Å². The van der Waals surface area contributed by atoms with Gasteiger partial charge in [-0.15, -0.1) is 0 Å². The zero-order chi connectivity index (χ0) is 21.5. The summed E-state index contributed by atoms with van der Waals surface area (Å²) in [5.74, 6) is -1.67. The van der Waals surface area contributed by atoms with E-state index in [0.717, 1.165) is 0 Å². The van der Waals surface area contributed by atoms with Gasteiger partial charge < -0.3 is 10.1 Å². The molecule has 0 spiro atoms. The van der Waals surface area contributed by atoms with E-state index in [1.54, 1.807) is 42.5 Å². The summed E-state index contributed by atoms with van der Waals surface area (Å²) >= 11 is 0. The van der Waals surface area contributed by atoms with Crippen LogP contribution in [-0.2, 0) is 4.74 Å². The number of nitro groups is 1. The number of Topliss-reactive ketones (excluding diaryl/α,β-unsaturated/α-hetero) is 1. The number of para-hydroxylation sites is 1. The van der Waals surface area contributed by atoms with Gasteiger partial charge in [0, 0.05) is 23.3 Å². The van der Waals surface area contributed by atoms with Gasteiger partial charge in [-0.25, -0.2) is 4.79 Å². The summed E-state index contributed by atoms with van der Waals surface area (Å²) in [6.07, 6.45) is 0. The van der Waals surface area contributed by atoms with Crippen molar-refractivity contribution in [3.63, 3.8) is 0 Å². The van der Waals surface area contributed by atoms with E-state index in [9.17, 15) is 24.5 Å². The largest absolute Gasteiger partial charge is 0.454 e. The molecule has 0 radical (unpaired) electrons. The summed E-state index contributed by atoms with van der Waals surface area (Å²) in [6.45, 7) is -0.437. The predicted octanol–water partition coefficient (Wildman–Crippen LogP) is 3.89. The third-order valence-corrected chi connectivity index (χ3v) is 4.17. The molecule has 0 atom stereocenters. The normalized spacial score (nSPS) is 10.1. The van der Waals surface area contributed by atoms with Gasteiger partial charge in [-0.3, -0.25) is 19.7 Å². The van der Waals surface area contributed by atoms with E-state index in [1.165, 1.54) is 36.4 Å². The van der Waals surface area contributed by atoms with Crippen molar-refractivity contribution in [1.29, 1.82) is 0 Å². The van der Waals surface area contributed by atoms with Crippen LogP contribution in [-0.4, -0.2) is 29.2 Å². The van der Waals surface area contributed by atoms with Crippen LogP contribution in [0.5, 0.6) is 0 Å². The van der Waals surface area contributed by atoms with Gasteiger partial charge in [0.2, 0.25) is 0 Å². The Morgan fingerprint density at radius 3 is 2.13 bits per heavy atom. The maximum absolute atomic E-state index is 12.4. The maximum atomic E-state index is 12.4. The van der Waals surface area contributed by atoms with Gasteiger partial charge in [-0.1, -0.05) is 42.5 Å². The fraction of sp³-hybridized carbons (Fsp3) is 0.0455. The van der Waals surface area contributed by atoms with Crippen LogP contribution in [0, 0.1) is 10.1 Å². The van der Waals surface area contributed by atoms with Crippen LogP contribution >= 0.6 is 0 Å². The van der Waals surface area contributed by atoms with Gasteiger partial charge in [-0.05, 0) is 24.3 Å². The van der Waals surface area contributed by atoms with Crippen molar-refractivity contribution in [1.82, 2.24) is 0 Å². The molecule has 0 aliphatic rings. The highest BCUT2D eigenvalue weighted by Gasteiger charge is 2.17. The molecule has 8 heteroatoms. The number of ether oxygens (including phenoxy) is 1. The van der Waals surface area contributed by atoms with Crippen molar-refractivity contribution in [3.8, 4) is 0 Å². The number of amides is 1. The fourth-order valence-corrected chi connectivity index (χ4v) is 2.62. The lowest BCUT2D eigenvalue weighted by Crippen LogP contribution is -2.18. The molecule has 0 heterocycles. The standard InChI is InChI=1S/C22H16N2O6/c25-20(15-6-2-1-3-7-15)14-30-22(27)18-8-4-5-9-19(18)23-21(26)16-10-12-17(13-11-16)24(28)29/h1-13H,14H2,(H,23,26). The summed E-state index contributed by atoms with van der Waals surface area (Å²) < 4.78 is 5.10. The first-order valence-corrected chi connectivity index (χ1v) is 8.86. The van der Waals surface area contributed by atoms with Crippen molar-refractivity contribution in [2.45, 2.75) is 0 Å². The molecule has 1 N–H and O–H groups in total. The Morgan fingerprint density at radius 1 is 0.833 bits per heavy atom. The summed E-state index contributed by atoms with van der Waals surface area (Å²) in [5, 5.41) is 13.3. The summed E-state index contributed by atoms with van der Waals surface area (Å²) in [4.78, 5) is 47.1. The lowest BCUT2D eigenvalue weighted by atomic mass is 10.1. The van der Waals surface area contributed by atoms with E-state index in [2.05, 4.69) is 5.32 Å². The Bertz CT molecular complexity index is 1090. The number of carbonyl (C=O) groups is 3. The third kappa shape index (κ3) is 4.93. The number of ketones is 1. The number of nitrogens with zero attached hydrogens (tertiary/aromatic N) is 1. The Labute approximate surface area is 171 Å². The first-order chi connectivity index (χ1) is 14.5. The van der Waals surface area contributed by atoms with E-state index >= 15 is 0 Å². The number of nitro benzene ring substituents is 1. The maximum Gasteiger partial charge on any atom is 0.340 e. The molecule has 3 aromatic rings. The van der Waals surface area contributed by atoms with Crippen LogP contribution in [0.2, 0.25) is 0 Å². The first-order valence-electron chi connectivity index (χ1n) is 8.86. The minimum atomic E-state index is -0.765. The lowest BCUT2D eigenvalue weighted by Gasteiger charge is -2.11. The van der Waals surface area contributed by atoms with Gasteiger partial charge in [-0.2, -0.15) is 0 Å². The van der Waals surface area contributed by atoms with E-state index in [0.29, 0.717) is 5.56 Å². The van der Waals surface area contributed by atoms with Crippen LogP contribution in [0.15, 0.2) is 78.9 Å². The van der Waals surface area contributed by atoms with Gasteiger partial charge in [0.05, 0.1) is 16.2 Å². The Kier molecular flexibility index (Phi) is 6.29. The molecule has 0 aromatic heterocycles. The number of carbonyl (C=O) groups excluding carboxylic acids is 3. The second kappa shape index (κ2) is 9.24. The Morgan fingerprint density at radius 2 is 1.47 bits per heavy atom. The van der Waals surface area contributed by atoms with E-state index < -0.39 is 23.4 Å². The van der Waals surface area contributed by atoms with Crippen LogP contribution in [0.1, 0.15) is 31.1 Å². The fourth-order valence-electron chi connectivity index (χ4n) is 2.62. The van der Waals surface area contributed by atoms with E-state index in [1.807, 2.05) is 0 Å². The average Bonchev–Trinajstić information content (AvgIpc) is 2.78. The number of hydrogen-bond donors (Lipinski definition) is 1. The van der Waals surface area contributed by atoms with Crippen LogP contribution in [0.3, 0.4) is 0 Å². The van der Waals surface area contributed by atoms with Crippen LogP contribution < -0.4 is 5.32 Å². The molecule has 0 saturated heterocycles. The van der Waals surface area contributed by atoms with Gasteiger partial charge in [0.1, 0.15) is 0 Å². The molecule has 3 rings (SSSR count). The molecule has 0 aliphatic heterocycles. The van der Waals surface area contributed by atoms with E-state index in [-0.39, 0.29) is 28.3 Å². The molecular formula is C22H16N2O6. The van der Waals surface area contributed by atoms with Gasteiger partial charge >= 0.3 is 5.97 Å². The molecule has 0 unspecified atom stereocenters. The Balaban J connectivity index is 1.69. The Hall–Kier alpha value is -4.33. The molecular weight excluding hydrogens is 388 g/mol. The number of nitrogens with one attached hydrogen (secondary N) is 1. The molecule has 0 saturated carbocycles. The second-order valence-corrected chi connectivity index (χ2v) is 6.17. The lowest BCUT2D eigenvalue weighted by molar-refractivity contribution is -0.384. The first kappa shape index (κ1) is 20.4. The molecule has 8 nitrogen and oxygen atoms in total. The van der Waals surface area contributed by atoms with Crippen molar-refractivity contribution in [3.05, 3.63) is 106 Å². The number of non-ortho nitro benzene ring substituents is 1. The average molecular weight is 404 g/mol. The summed E-state index contributed by atoms with van der Waals surface area (Å²) in [7, 11) is 0. The highest BCUT2D eigenvalue weighted by molar-refractivity contribution is 6.08. The third-order valence-electron chi connectivity index (χ3n) is 4.17. The van der Waals surface area contributed by atoms with E-state index in [4.69, 9.17) is 4.74 Å². The number of benzene rings is 3. The quantitative estimate of drug-likeness (QED) is 0.276. The van der Waals surface area contributed by atoms with Crippen LogP contribution in [0.25, 0.3) is 0 Å². The molecule has 150 valence electrons. The van der Waals surface area contributed by atoms with Crippen molar-refractivity contribution in [2.24, 2.45) is 0 Å². The minimum Gasteiger partial charge on any atom is -0.454 e. The number of rotatable bonds is 7. The van der Waals surface area contributed by atoms with Gasteiger partial charge in [0.25, 0.3) is 11.6 Å². The summed E-state index contributed by atoms with van der Waals surface area (Å²) in [6, 6.07) is 19.7. The van der Waals surface area contributed by atoms with Crippen molar-refractivity contribution < 1.29 is 24.0 Å². The second-order valence-electron chi connectivity index (χ2n) is 6.17. The van der Waals surface area contributed by atoms with Crippen molar-refractivity contribution >= 4 is 29.0 Å². The molecule has 0 fully saturated rings. The monoisotopic (exact) mass is 404 g/mol. The molecule has 0 bridgehead atoms. The molecule has 0 aliphatic carbocycles. The van der Waals surface area contributed by atoms with Crippen molar-refractivity contribution in [2.75, 3.05) is 11.9 Å². The molecule has 1 amide bonds. The SMILES string of the molecule is O=C(COC(=O)c1ccccc1NC(=O)c1ccc([N+](=O)[O-])cc1)c1ccccc1. The summed E-state index contributed by atoms with van der Waals surface area (Å²) in [5.41, 5.74) is 0.735. The molecule has 3 aromatic carbocycles. The highest BCUT2D eigenvalue weighted by Crippen LogP contribution is 2.19. The number of anilines is 1. The highest BCUT2D eigenvalue weighted by atomic mass is 16.6. The zero-order valence-corrected chi connectivity index (χ0v) is 15.6. The molecule has 30 heavy (non-hydrogen) atoms. The predicted molar refractivity (Wildman–Crippen MR) is 109 cm³/mol. The number of hydrogen-bond acceptors (Lipinski definition) is 6. The smallest absolute Gasteiger partial charge is 0.340 e.